The standard InChI is InChI=1S/C31H39FN6O2S/c1-19-7-6-8-38(16-19)17-25-13-26-21(3)9-27(28(32)29(26)34-25)22-10-23(12-24(11-22)36-41(5,39)40)31(14-20(2)15-31)30-35-33-18-37(30)4/h9-13,18-20,34,36H,6-8,14-17H2,1-5H3/t19-,20?,31?/m0/s1. The summed E-state index contributed by atoms with van der Waals surface area (Å²) in [6.45, 7) is 9.35. The van der Waals surface area contributed by atoms with Crippen molar-refractivity contribution in [3.05, 3.63) is 65.1 Å². The zero-order valence-electron chi connectivity index (χ0n) is 24.5. The fraction of sp³-hybridized carbons (Fsp3) is 0.484. The molecule has 218 valence electrons. The summed E-state index contributed by atoms with van der Waals surface area (Å²) in [6.07, 6.45) is 6.95. The molecule has 1 aliphatic carbocycles. The number of anilines is 1. The van der Waals surface area contributed by atoms with E-state index in [-0.39, 0.29) is 5.82 Å². The lowest BCUT2D eigenvalue weighted by atomic mass is 9.58. The van der Waals surface area contributed by atoms with Gasteiger partial charge in [0.15, 0.2) is 5.82 Å². The van der Waals surface area contributed by atoms with Crippen LogP contribution in [0.4, 0.5) is 10.1 Å². The van der Waals surface area contributed by atoms with Crippen LogP contribution in [-0.4, -0.2) is 52.4 Å². The van der Waals surface area contributed by atoms with Crippen LogP contribution in [0, 0.1) is 24.6 Å². The molecular weight excluding hydrogens is 539 g/mol. The molecule has 2 aliphatic rings. The molecule has 6 rings (SSSR count). The fourth-order valence-corrected chi connectivity index (χ4v) is 7.73. The van der Waals surface area contributed by atoms with Gasteiger partial charge in [0, 0.05) is 42.5 Å². The van der Waals surface area contributed by atoms with Crippen LogP contribution in [0.25, 0.3) is 22.0 Å². The monoisotopic (exact) mass is 578 g/mol. The van der Waals surface area contributed by atoms with Gasteiger partial charge in [-0.2, -0.15) is 0 Å². The van der Waals surface area contributed by atoms with Crippen LogP contribution >= 0.6 is 0 Å². The van der Waals surface area contributed by atoms with Gasteiger partial charge in [0.25, 0.3) is 0 Å². The van der Waals surface area contributed by atoms with Crippen molar-refractivity contribution in [3.8, 4) is 11.1 Å². The molecule has 0 amide bonds. The second-order valence-electron chi connectivity index (χ2n) is 12.7. The lowest BCUT2D eigenvalue weighted by molar-refractivity contribution is 0.175. The van der Waals surface area contributed by atoms with Crippen molar-refractivity contribution in [2.45, 2.75) is 58.4 Å². The number of piperidine rings is 1. The molecule has 4 aromatic rings. The van der Waals surface area contributed by atoms with Crippen molar-refractivity contribution in [1.82, 2.24) is 24.6 Å². The van der Waals surface area contributed by atoms with Crippen LogP contribution in [0.2, 0.25) is 0 Å². The number of nitrogens with one attached hydrogen (secondary N) is 2. The molecule has 1 aliphatic heterocycles. The number of aromatic amines is 1. The van der Waals surface area contributed by atoms with Gasteiger partial charge in [-0.25, -0.2) is 12.8 Å². The highest BCUT2D eigenvalue weighted by atomic mass is 32.2. The molecule has 1 atom stereocenters. The Hall–Kier alpha value is -3.24. The van der Waals surface area contributed by atoms with Gasteiger partial charge in [-0.1, -0.05) is 13.8 Å². The summed E-state index contributed by atoms with van der Waals surface area (Å²) in [5, 5.41) is 9.45. The normalized spacial score (nSPS) is 23.6. The molecule has 8 nitrogen and oxygen atoms in total. The Kier molecular flexibility index (Phi) is 6.97. The van der Waals surface area contributed by atoms with Crippen molar-refractivity contribution in [3.63, 3.8) is 0 Å². The number of likely N-dealkylation sites (tertiary alicyclic amines) is 1. The summed E-state index contributed by atoms with van der Waals surface area (Å²) in [7, 11) is -1.63. The summed E-state index contributed by atoms with van der Waals surface area (Å²) in [6, 6.07) is 9.53. The molecule has 0 bridgehead atoms. The summed E-state index contributed by atoms with van der Waals surface area (Å²) >= 11 is 0. The van der Waals surface area contributed by atoms with Gasteiger partial charge in [0.05, 0.1) is 17.2 Å². The first-order chi connectivity index (χ1) is 19.4. The average Bonchev–Trinajstić information content (AvgIpc) is 3.50. The second-order valence-corrected chi connectivity index (χ2v) is 14.4. The number of benzene rings is 2. The zero-order valence-corrected chi connectivity index (χ0v) is 25.3. The third-order valence-electron chi connectivity index (χ3n) is 8.88. The smallest absolute Gasteiger partial charge is 0.229 e. The summed E-state index contributed by atoms with van der Waals surface area (Å²) < 4.78 is 45.5. The molecular formula is C31H39FN6O2S. The van der Waals surface area contributed by atoms with E-state index in [1.165, 1.54) is 12.8 Å². The van der Waals surface area contributed by atoms with Gasteiger partial charge >= 0.3 is 0 Å². The lowest BCUT2D eigenvalue weighted by Crippen LogP contribution is -2.43. The van der Waals surface area contributed by atoms with Gasteiger partial charge in [0.2, 0.25) is 10.0 Å². The number of aromatic nitrogens is 4. The van der Waals surface area contributed by atoms with Crippen molar-refractivity contribution in [1.29, 1.82) is 0 Å². The lowest BCUT2D eigenvalue weighted by Gasteiger charge is -2.46. The van der Waals surface area contributed by atoms with E-state index in [4.69, 9.17) is 0 Å². The van der Waals surface area contributed by atoms with Gasteiger partial charge in [-0.3, -0.25) is 9.62 Å². The predicted molar refractivity (Wildman–Crippen MR) is 161 cm³/mol. The number of rotatable bonds is 7. The molecule has 1 saturated carbocycles. The minimum atomic E-state index is -3.56. The van der Waals surface area contributed by atoms with E-state index in [0.29, 0.717) is 34.2 Å². The molecule has 2 fully saturated rings. The third-order valence-corrected chi connectivity index (χ3v) is 9.49. The van der Waals surface area contributed by atoms with Crippen molar-refractivity contribution in [2.75, 3.05) is 24.1 Å². The first-order valence-corrected chi connectivity index (χ1v) is 16.3. The average molecular weight is 579 g/mol. The molecule has 10 heteroatoms. The molecule has 2 aromatic carbocycles. The SMILES string of the molecule is Cc1cc(-c2cc(NS(C)(=O)=O)cc(C3(c4nncn4C)CC(C)C3)c2)c(F)c2[nH]c(CN3CCC[C@H](C)C3)cc12. The number of halogens is 1. The highest BCUT2D eigenvalue weighted by Gasteiger charge is 2.48. The Morgan fingerprint density at radius 2 is 1.93 bits per heavy atom. The van der Waals surface area contributed by atoms with Crippen LogP contribution in [0.5, 0.6) is 0 Å². The Morgan fingerprint density at radius 1 is 1.15 bits per heavy atom. The van der Waals surface area contributed by atoms with E-state index < -0.39 is 15.4 Å². The zero-order chi connectivity index (χ0) is 29.1. The molecule has 2 aromatic heterocycles. The van der Waals surface area contributed by atoms with E-state index in [1.807, 2.05) is 36.7 Å². The minimum absolute atomic E-state index is 0.332. The number of H-pyrrole nitrogens is 1. The number of hydrogen-bond donors (Lipinski definition) is 2. The maximum Gasteiger partial charge on any atom is 0.229 e. The molecule has 3 heterocycles. The molecule has 41 heavy (non-hydrogen) atoms. The first-order valence-electron chi connectivity index (χ1n) is 14.4. The minimum Gasteiger partial charge on any atom is -0.355 e. The van der Waals surface area contributed by atoms with E-state index in [9.17, 15) is 8.42 Å². The van der Waals surface area contributed by atoms with Crippen LogP contribution in [0.1, 0.15) is 62.2 Å². The molecule has 1 saturated heterocycles. The molecule has 0 unspecified atom stereocenters. The maximum atomic E-state index is 16.4. The third kappa shape index (κ3) is 5.28. The van der Waals surface area contributed by atoms with Gasteiger partial charge < -0.3 is 9.55 Å². The number of fused-ring (bicyclic) bond motifs is 1. The van der Waals surface area contributed by atoms with Gasteiger partial charge in [-0.05, 0) is 98.0 Å². The van der Waals surface area contributed by atoms with Crippen molar-refractivity contribution in [2.24, 2.45) is 18.9 Å². The Morgan fingerprint density at radius 3 is 2.59 bits per heavy atom. The second kappa shape index (κ2) is 10.2. The molecule has 0 spiro atoms. The highest BCUT2D eigenvalue weighted by Crippen LogP contribution is 2.52. The highest BCUT2D eigenvalue weighted by molar-refractivity contribution is 7.92. The topological polar surface area (TPSA) is 95.9 Å². The Bertz CT molecular complexity index is 1720. The van der Waals surface area contributed by atoms with E-state index in [2.05, 4.69) is 44.7 Å². The number of hydrogen-bond acceptors (Lipinski definition) is 5. The number of sulfonamides is 1. The van der Waals surface area contributed by atoms with E-state index >= 15 is 4.39 Å². The van der Waals surface area contributed by atoms with Gasteiger partial charge in [0.1, 0.15) is 12.2 Å². The molecule has 0 radical (unpaired) electrons. The van der Waals surface area contributed by atoms with E-state index in [0.717, 1.165) is 66.8 Å². The quantitative estimate of drug-likeness (QED) is 0.292. The summed E-state index contributed by atoms with van der Waals surface area (Å²) in [4.78, 5) is 5.82. The first kappa shape index (κ1) is 27.9. The Balaban J connectivity index is 1.46. The number of aryl methyl sites for hydroxylation is 2. The Labute approximate surface area is 241 Å². The van der Waals surface area contributed by atoms with Crippen molar-refractivity contribution >= 4 is 26.6 Å². The fourth-order valence-electron chi connectivity index (χ4n) is 7.18. The summed E-state index contributed by atoms with van der Waals surface area (Å²) in [5.74, 6) is 1.63. The van der Waals surface area contributed by atoms with E-state index in [1.54, 1.807) is 12.4 Å². The van der Waals surface area contributed by atoms with Gasteiger partial charge in [-0.15, -0.1) is 10.2 Å². The van der Waals surface area contributed by atoms with Crippen LogP contribution < -0.4 is 4.72 Å². The summed E-state index contributed by atoms with van der Waals surface area (Å²) in [5.41, 5.74) is 4.40. The van der Waals surface area contributed by atoms with Crippen LogP contribution in [0.15, 0.2) is 36.7 Å². The van der Waals surface area contributed by atoms with Crippen molar-refractivity contribution < 1.29 is 12.8 Å². The number of nitrogens with zero attached hydrogens (tertiary/aromatic N) is 4. The molecule has 2 N–H and O–H groups in total. The van der Waals surface area contributed by atoms with Crippen LogP contribution in [-0.2, 0) is 29.0 Å². The van der Waals surface area contributed by atoms with Crippen LogP contribution in [0.3, 0.4) is 0 Å². The predicted octanol–water partition coefficient (Wildman–Crippen LogP) is 5.73. The largest absolute Gasteiger partial charge is 0.355 e. The maximum absolute atomic E-state index is 16.4.